The molecule has 4 heteroatoms. The van der Waals surface area contributed by atoms with Gasteiger partial charge in [-0.15, -0.1) is 0 Å². The van der Waals surface area contributed by atoms with E-state index < -0.39 is 0 Å². The van der Waals surface area contributed by atoms with Crippen molar-refractivity contribution in [3.63, 3.8) is 0 Å². The second-order valence-corrected chi connectivity index (χ2v) is 7.29. The van der Waals surface area contributed by atoms with Gasteiger partial charge in [0.2, 0.25) is 11.5 Å². The van der Waals surface area contributed by atoms with E-state index in [-0.39, 0.29) is 16.9 Å². The number of benzene rings is 2. The second-order valence-electron chi connectivity index (χ2n) is 7.29. The zero-order valence-electron chi connectivity index (χ0n) is 15.2. The molecule has 0 aliphatic heterocycles. The lowest BCUT2D eigenvalue weighted by Gasteiger charge is -2.21. The Bertz CT molecular complexity index is 1030. The topological polar surface area (TPSA) is 62.0 Å². The molecule has 0 atom stereocenters. The van der Waals surface area contributed by atoms with Crippen LogP contribution in [0.3, 0.4) is 0 Å². The quantitative estimate of drug-likeness (QED) is 0.687. The minimum atomic E-state index is -0.220. The van der Waals surface area contributed by atoms with E-state index in [2.05, 4.69) is 31.1 Å². The number of hydrogen-bond donors (Lipinski definition) is 2. The number of amides is 1. The molecule has 0 aliphatic rings. The molecule has 0 bridgehead atoms. The highest BCUT2D eigenvalue weighted by atomic mass is 16.1. The van der Waals surface area contributed by atoms with E-state index in [1.165, 1.54) is 6.08 Å². The fourth-order valence-electron chi connectivity index (χ4n) is 2.88. The Kier molecular flexibility index (Phi) is 4.76. The molecule has 4 nitrogen and oxygen atoms in total. The summed E-state index contributed by atoms with van der Waals surface area (Å²) >= 11 is 0. The first-order valence-corrected chi connectivity index (χ1v) is 8.54. The van der Waals surface area contributed by atoms with Crippen molar-refractivity contribution in [1.29, 1.82) is 0 Å². The number of pyridine rings is 1. The van der Waals surface area contributed by atoms with E-state index in [0.717, 1.165) is 16.5 Å². The van der Waals surface area contributed by atoms with Crippen molar-refractivity contribution in [2.45, 2.75) is 26.2 Å². The number of rotatable bonds is 3. The van der Waals surface area contributed by atoms with Crippen LogP contribution in [0.5, 0.6) is 0 Å². The third-order valence-electron chi connectivity index (χ3n) is 4.15. The van der Waals surface area contributed by atoms with E-state index >= 15 is 0 Å². The highest BCUT2D eigenvalue weighted by molar-refractivity contribution is 6.03. The number of carbonyl (C=O) groups is 1. The molecular formula is C22H22N2O2. The summed E-state index contributed by atoms with van der Waals surface area (Å²) < 4.78 is 0. The Morgan fingerprint density at radius 1 is 1.04 bits per heavy atom. The van der Waals surface area contributed by atoms with Crippen molar-refractivity contribution >= 4 is 28.6 Å². The highest BCUT2D eigenvalue weighted by Crippen LogP contribution is 2.29. The van der Waals surface area contributed by atoms with E-state index in [9.17, 15) is 9.59 Å². The van der Waals surface area contributed by atoms with Gasteiger partial charge in [0.05, 0.1) is 5.52 Å². The van der Waals surface area contributed by atoms with Gasteiger partial charge in [0.1, 0.15) is 0 Å². The predicted octanol–water partition coefficient (Wildman–Crippen LogP) is 4.48. The zero-order valence-corrected chi connectivity index (χ0v) is 15.2. The standard InChI is InChI=1S/C22H22N2O2/c1-22(2,3)18-14-21(26)24-19-13-16(10-11-17(18)19)23-20(25)12-9-15-7-5-4-6-8-15/h4-14H,1-3H3,(H,23,25)(H,24,26)/b12-9-. The molecule has 0 saturated carbocycles. The number of hydrogen-bond acceptors (Lipinski definition) is 2. The molecule has 0 fully saturated rings. The van der Waals surface area contributed by atoms with Crippen LogP contribution in [0.1, 0.15) is 31.9 Å². The first-order chi connectivity index (χ1) is 12.3. The van der Waals surface area contributed by atoms with Crippen LogP contribution in [0, 0.1) is 0 Å². The molecule has 26 heavy (non-hydrogen) atoms. The zero-order chi connectivity index (χ0) is 18.7. The van der Waals surface area contributed by atoms with Gasteiger partial charge in [0.25, 0.3) is 0 Å². The average molecular weight is 346 g/mol. The van der Waals surface area contributed by atoms with Gasteiger partial charge in [-0.05, 0) is 34.8 Å². The minimum absolute atomic E-state index is 0.143. The number of H-pyrrole nitrogens is 1. The van der Waals surface area contributed by atoms with E-state index in [4.69, 9.17) is 0 Å². The molecule has 2 N–H and O–H groups in total. The number of fused-ring (bicyclic) bond motifs is 1. The van der Waals surface area contributed by atoms with Crippen molar-refractivity contribution in [3.05, 3.63) is 82.2 Å². The van der Waals surface area contributed by atoms with Crippen molar-refractivity contribution in [2.24, 2.45) is 0 Å². The average Bonchev–Trinajstić information content (AvgIpc) is 2.59. The van der Waals surface area contributed by atoms with Crippen LogP contribution in [-0.4, -0.2) is 10.9 Å². The Morgan fingerprint density at radius 2 is 1.77 bits per heavy atom. The summed E-state index contributed by atoms with van der Waals surface area (Å²) in [6, 6.07) is 16.8. The summed E-state index contributed by atoms with van der Waals surface area (Å²) in [6.07, 6.45) is 3.25. The van der Waals surface area contributed by atoms with Crippen LogP contribution in [-0.2, 0) is 10.2 Å². The van der Waals surface area contributed by atoms with Crippen molar-refractivity contribution in [3.8, 4) is 0 Å². The molecule has 2 aromatic carbocycles. The number of aromatic nitrogens is 1. The van der Waals surface area contributed by atoms with Gasteiger partial charge in [-0.1, -0.05) is 57.2 Å². The van der Waals surface area contributed by atoms with Crippen molar-refractivity contribution in [1.82, 2.24) is 4.98 Å². The second kappa shape index (κ2) is 7.00. The molecule has 132 valence electrons. The first kappa shape index (κ1) is 17.7. The molecule has 0 spiro atoms. The van der Waals surface area contributed by atoms with Crippen LogP contribution in [0.25, 0.3) is 17.0 Å². The Morgan fingerprint density at radius 3 is 2.46 bits per heavy atom. The number of nitrogens with one attached hydrogen (secondary N) is 2. The molecule has 0 radical (unpaired) electrons. The molecule has 1 amide bonds. The van der Waals surface area contributed by atoms with Crippen LogP contribution >= 0.6 is 0 Å². The number of carbonyl (C=O) groups excluding carboxylic acids is 1. The molecule has 3 rings (SSSR count). The molecule has 0 unspecified atom stereocenters. The van der Waals surface area contributed by atoms with Crippen LogP contribution < -0.4 is 10.9 Å². The lowest BCUT2D eigenvalue weighted by atomic mass is 9.85. The Hall–Kier alpha value is -3.14. The molecule has 0 aliphatic carbocycles. The van der Waals surface area contributed by atoms with Crippen LogP contribution in [0.2, 0.25) is 0 Å². The van der Waals surface area contributed by atoms with Crippen molar-refractivity contribution in [2.75, 3.05) is 5.32 Å². The normalized spacial score (nSPS) is 11.8. The summed E-state index contributed by atoms with van der Waals surface area (Å²) in [6.45, 7) is 6.22. The molecule has 0 saturated heterocycles. The maximum absolute atomic E-state index is 12.1. The van der Waals surface area contributed by atoms with Gasteiger partial charge in [0.15, 0.2) is 0 Å². The van der Waals surface area contributed by atoms with Gasteiger partial charge in [0, 0.05) is 23.2 Å². The van der Waals surface area contributed by atoms with Gasteiger partial charge in [-0.2, -0.15) is 0 Å². The summed E-state index contributed by atoms with van der Waals surface area (Å²) in [5.74, 6) is -0.220. The third kappa shape index (κ3) is 4.09. The predicted molar refractivity (Wildman–Crippen MR) is 107 cm³/mol. The maximum Gasteiger partial charge on any atom is 0.248 e. The van der Waals surface area contributed by atoms with Gasteiger partial charge >= 0.3 is 0 Å². The summed E-state index contributed by atoms with van der Waals surface area (Å²) in [5.41, 5.74) is 3.01. The lowest BCUT2D eigenvalue weighted by molar-refractivity contribution is -0.111. The summed E-state index contributed by atoms with van der Waals surface area (Å²) in [4.78, 5) is 27.0. The van der Waals surface area contributed by atoms with Gasteiger partial charge < -0.3 is 10.3 Å². The minimum Gasteiger partial charge on any atom is -0.322 e. The maximum atomic E-state index is 12.1. The highest BCUT2D eigenvalue weighted by Gasteiger charge is 2.18. The molecule has 3 aromatic rings. The lowest BCUT2D eigenvalue weighted by Crippen LogP contribution is -2.17. The monoisotopic (exact) mass is 346 g/mol. The fourth-order valence-corrected chi connectivity index (χ4v) is 2.88. The number of anilines is 1. The molecule has 1 aromatic heterocycles. The van der Waals surface area contributed by atoms with E-state index in [0.29, 0.717) is 11.2 Å². The number of aromatic amines is 1. The van der Waals surface area contributed by atoms with Crippen LogP contribution in [0.4, 0.5) is 5.69 Å². The largest absolute Gasteiger partial charge is 0.322 e. The summed E-state index contributed by atoms with van der Waals surface area (Å²) in [7, 11) is 0. The fraction of sp³-hybridized carbons (Fsp3) is 0.182. The van der Waals surface area contributed by atoms with Gasteiger partial charge in [-0.3, -0.25) is 9.59 Å². The SMILES string of the molecule is CC(C)(C)c1cc(=O)[nH]c2cc(NC(=O)/C=C\c3ccccc3)ccc12. The van der Waals surface area contributed by atoms with Gasteiger partial charge in [-0.25, -0.2) is 0 Å². The Labute approximate surface area is 152 Å². The van der Waals surface area contributed by atoms with E-state index in [1.54, 1.807) is 18.2 Å². The van der Waals surface area contributed by atoms with Crippen LogP contribution in [0.15, 0.2) is 65.5 Å². The Balaban J connectivity index is 1.86. The van der Waals surface area contributed by atoms with Crippen molar-refractivity contribution < 1.29 is 4.79 Å². The first-order valence-electron chi connectivity index (χ1n) is 8.54. The smallest absolute Gasteiger partial charge is 0.248 e. The van der Waals surface area contributed by atoms with E-state index in [1.807, 2.05) is 42.5 Å². The molecule has 1 heterocycles. The summed E-state index contributed by atoms with van der Waals surface area (Å²) in [5, 5.41) is 3.82. The molecular weight excluding hydrogens is 324 g/mol. The third-order valence-corrected chi connectivity index (χ3v) is 4.15.